The molecule has 0 aromatic heterocycles. The van der Waals surface area contributed by atoms with Crippen molar-refractivity contribution in [2.45, 2.75) is 32.8 Å². The van der Waals surface area contributed by atoms with E-state index in [9.17, 15) is 9.90 Å². The number of methoxy groups -OCH3 is 1. The summed E-state index contributed by atoms with van der Waals surface area (Å²) in [5.74, 6) is -0.427. The minimum absolute atomic E-state index is 0.301. The zero-order chi connectivity index (χ0) is 15.1. The molecule has 1 aromatic carbocycles. The summed E-state index contributed by atoms with van der Waals surface area (Å²) in [6, 6.07) is 5.00. The van der Waals surface area contributed by atoms with Crippen LogP contribution in [-0.4, -0.2) is 24.8 Å². The lowest BCUT2D eigenvalue weighted by molar-refractivity contribution is -0.152. The molecule has 0 radical (unpaired) electrons. The maximum atomic E-state index is 11.9. The van der Waals surface area contributed by atoms with Crippen molar-refractivity contribution >= 4 is 17.6 Å². The van der Waals surface area contributed by atoms with Crippen molar-refractivity contribution in [1.29, 1.82) is 0 Å². The Morgan fingerprint density at radius 1 is 1.40 bits per heavy atom. The van der Waals surface area contributed by atoms with Gasteiger partial charge in [0.1, 0.15) is 5.75 Å². The van der Waals surface area contributed by atoms with E-state index in [1.807, 2.05) is 6.92 Å². The van der Waals surface area contributed by atoms with E-state index < -0.39 is 12.0 Å². The average molecular weight is 301 g/mol. The van der Waals surface area contributed by atoms with Crippen LogP contribution < -0.4 is 4.74 Å². The van der Waals surface area contributed by atoms with Gasteiger partial charge in [0, 0.05) is 0 Å². The fourth-order valence-electron chi connectivity index (χ4n) is 2.06. The smallest absolute Gasteiger partial charge is 0.311 e. The molecule has 2 unspecified atom stereocenters. The number of hydrogen-bond donors (Lipinski definition) is 1. The second-order valence-electron chi connectivity index (χ2n) is 4.49. The van der Waals surface area contributed by atoms with Crippen LogP contribution in [0.1, 0.15) is 38.4 Å². The summed E-state index contributed by atoms with van der Waals surface area (Å²) in [6.07, 6.45) is 0.408. The van der Waals surface area contributed by atoms with Crippen LogP contribution in [-0.2, 0) is 9.53 Å². The summed E-state index contributed by atoms with van der Waals surface area (Å²) in [4.78, 5) is 11.9. The van der Waals surface area contributed by atoms with Crippen molar-refractivity contribution in [2.24, 2.45) is 5.92 Å². The number of aliphatic hydroxyl groups excluding tert-OH is 1. The molecule has 0 fully saturated rings. The Morgan fingerprint density at radius 3 is 2.60 bits per heavy atom. The predicted molar refractivity (Wildman–Crippen MR) is 78.0 cm³/mol. The van der Waals surface area contributed by atoms with Crippen LogP contribution in [0.5, 0.6) is 5.75 Å². The van der Waals surface area contributed by atoms with E-state index in [4.69, 9.17) is 21.1 Å². The third-order valence-electron chi connectivity index (χ3n) is 3.09. The van der Waals surface area contributed by atoms with Gasteiger partial charge in [-0.15, -0.1) is 0 Å². The third-order valence-corrected chi connectivity index (χ3v) is 3.38. The van der Waals surface area contributed by atoms with Crippen molar-refractivity contribution < 1.29 is 19.4 Å². The number of esters is 1. The fraction of sp³-hybridized carbons (Fsp3) is 0.533. The van der Waals surface area contributed by atoms with Crippen molar-refractivity contribution in [2.75, 3.05) is 13.7 Å². The highest BCUT2D eigenvalue weighted by molar-refractivity contribution is 6.32. The molecule has 0 saturated heterocycles. The predicted octanol–water partition coefficient (Wildman–Crippen LogP) is 3.36. The van der Waals surface area contributed by atoms with Crippen LogP contribution in [0.2, 0.25) is 5.02 Å². The van der Waals surface area contributed by atoms with Crippen LogP contribution in [0, 0.1) is 5.92 Å². The van der Waals surface area contributed by atoms with Gasteiger partial charge in [0.05, 0.1) is 30.8 Å². The second kappa shape index (κ2) is 8.12. The van der Waals surface area contributed by atoms with Gasteiger partial charge in [0.15, 0.2) is 0 Å². The van der Waals surface area contributed by atoms with Crippen LogP contribution in [0.4, 0.5) is 0 Å². The van der Waals surface area contributed by atoms with Crippen molar-refractivity contribution in [3.63, 3.8) is 0 Å². The summed E-state index contributed by atoms with van der Waals surface area (Å²) in [5, 5.41) is 10.8. The van der Waals surface area contributed by atoms with Crippen molar-refractivity contribution in [3.05, 3.63) is 28.8 Å². The van der Waals surface area contributed by atoms with Gasteiger partial charge in [-0.05, 0) is 31.0 Å². The first-order chi connectivity index (χ1) is 9.54. The summed E-state index contributed by atoms with van der Waals surface area (Å²) in [6.45, 7) is 4.01. The fourth-order valence-corrected chi connectivity index (χ4v) is 2.33. The maximum absolute atomic E-state index is 11.9. The number of carbonyl (C=O) groups excluding carboxylic acids is 1. The van der Waals surface area contributed by atoms with Gasteiger partial charge in [-0.3, -0.25) is 4.79 Å². The molecule has 1 aromatic rings. The number of hydrogen-bond acceptors (Lipinski definition) is 4. The van der Waals surface area contributed by atoms with E-state index in [0.717, 1.165) is 6.42 Å². The molecule has 1 N–H and O–H groups in total. The second-order valence-corrected chi connectivity index (χ2v) is 4.89. The number of aliphatic hydroxyl groups is 1. The standard InChI is InChI=1S/C15H21ClO4/c1-4-6-11(15(18)20-5-2)14(17)10-7-8-13(19-3)12(16)9-10/h7-9,11,14,17H,4-6H2,1-3H3. The molecule has 1 rings (SSSR count). The van der Waals surface area contributed by atoms with E-state index in [1.165, 1.54) is 7.11 Å². The molecule has 0 aliphatic heterocycles. The van der Waals surface area contributed by atoms with Crippen LogP contribution in [0.25, 0.3) is 0 Å². The third kappa shape index (κ3) is 4.12. The molecule has 112 valence electrons. The highest BCUT2D eigenvalue weighted by Crippen LogP contribution is 2.32. The summed E-state index contributed by atoms with van der Waals surface area (Å²) >= 11 is 6.04. The molecular weight excluding hydrogens is 280 g/mol. The molecule has 0 bridgehead atoms. The zero-order valence-electron chi connectivity index (χ0n) is 12.1. The van der Waals surface area contributed by atoms with E-state index in [0.29, 0.717) is 29.4 Å². The molecule has 2 atom stereocenters. The van der Waals surface area contributed by atoms with Gasteiger partial charge >= 0.3 is 5.97 Å². The SMILES string of the molecule is CCCC(C(=O)OCC)C(O)c1ccc(OC)c(Cl)c1. The first kappa shape index (κ1) is 16.8. The lowest BCUT2D eigenvalue weighted by Crippen LogP contribution is -2.24. The van der Waals surface area contributed by atoms with E-state index >= 15 is 0 Å². The van der Waals surface area contributed by atoms with Gasteiger partial charge in [0.2, 0.25) is 0 Å². The largest absolute Gasteiger partial charge is 0.495 e. The van der Waals surface area contributed by atoms with E-state index in [-0.39, 0.29) is 5.97 Å². The van der Waals surface area contributed by atoms with Crippen LogP contribution in [0.3, 0.4) is 0 Å². The van der Waals surface area contributed by atoms with E-state index in [1.54, 1.807) is 25.1 Å². The zero-order valence-corrected chi connectivity index (χ0v) is 12.8. The molecule has 0 heterocycles. The highest BCUT2D eigenvalue weighted by Gasteiger charge is 2.28. The highest BCUT2D eigenvalue weighted by atomic mass is 35.5. The Kier molecular flexibility index (Phi) is 6.82. The number of benzene rings is 1. The van der Waals surface area contributed by atoms with Gasteiger partial charge in [-0.25, -0.2) is 0 Å². The van der Waals surface area contributed by atoms with Crippen molar-refractivity contribution in [1.82, 2.24) is 0 Å². The number of halogens is 1. The summed E-state index contributed by atoms with van der Waals surface area (Å²) in [7, 11) is 1.52. The monoisotopic (exact) mass is 300 g/mol. The normalized spacial score (nSPS) is 13.7. The van der Waals surface area contributed by atoms with Gasteiger partial charge < -0.3 is 14.6 Å². The lowest BCUT2D eigenvalue weighted by atomic mass is 9.92. The first-order valence-corrected chi connectivity index (χ1v) is 7.11. The van der Waals surface area contributed by atoms with E-state index in [2.05, 4.69) is 0 Å². The molecule has 20 heavy (non-hydrogen) atoms. The van der Waals surface area contributed by atoms with Gasteiger partial charge in [0.25, 0.3) is 0 Å². The van der Waals surface area contributed by atoms with Crippen molar-refractivity contribution in [3.8, 4) is 5.75 Å². The average Bonchev–Trinajstić information content (AvgIpc) is 2.44. The van der Waals surface area contributed by atoms with Gasteiger partial charge in [-0.2, -0.15) is 0 Å². The number of ether oxygens (including phenoxy) is 2. The Labute approximate surface area is 124 Å². The topological polar surface area (TPSA) is 55.8 Å². The maximum Gasteiger partial charge on any atom is 0.311 e. The summed E-state index contributed by atoms with van der Waals surface area (Å²) in [5.41, 5.74) is 0.585. The molecule has 0 saturated carbocycles. The Balaban J connectivity index is 2.96. The first-order valence-electron chi connectivity index (χ1n) is 6.73. The molecule has 0 aliphatic rings. The van der Waals surface area contributed by atoms with Crippen LogP contribution >= 0.6 is 11.6 Å². The molecule has 0 amide bonds. The Bertz CT molecular complexity index is 447. The molecule has 0 aliphatic carbocycles. The minimum atomic E-state index is -0.933. The quantitative estimate of drug-likeness (QED) is 0.785. The Morgan fingerprint density at radius 2 is 2.10 bits per heavy atom. The van der Waals surface area contributed by atoms with Gasteiger partial charge in [-0.1, -0.05) is 31.0 Å². The van der Waals surface area contributed by atoms with Crippen LogP contribution in [0.15, 0.2) is 18.2 Å². The molecule has 5 heteroatoms. The summed E-state index contributed by atoms with van der Waals surface area (Å²) < 4.78 is 10.1. The molecule has 0 spiro atoms. The number of carbonyl (C=O) groups is 1. The number of rotatable bonds is 7. The molecular formula is C15H21ClO4. The Hall–Kier alpha value is -1.26. The lowest BCUT2D eigenvalue weighted by Gasteiger charge is -2.21. The minimum Gasteiger partial charge on any atom is -0.495 e. The molecule has 4 nitrogen and oxygen atoms in total.